The molecular formula is C14H19N3O. The van der Waals surface area contributed by atoms with Gasteiger partial charge in [-0.05, 0) is 25.0 Å². The molecule has 0 saturated heterocycles. The highest BCUT2D eigenvalue weighted by molar-refractivity contribution is 5.86. The van der Waals surface area contributed by atoms with Crippen molar-refractivity contribution in [3.05, 3.63) is 36.0 Å². The average molecular weight is 245 g/mol. The number of benzene rings is 1. The molecular weight excluding hydrogens is 226 g/mol. The van der Waals surface area contributed by atoms with Crippen LogP contribution in [0.15, 0.2) is 30.5 Å². The lowest BCUT2D eigenvalue weighted by Crippen LogP contribution is -2.42. The van der Waals surface area contributed by atoms with Gasteiger partial charge in [-0.25, -0.2) is 0 Å². The maximum atomic E-state index is 11.9. The van der Waals surface area contributed by atoms with Crippen LogP contribution in [0.5, 0.6) is 0 Å². The van der Waals surface area contributed by atoms with E-state index in [9.17, 15) is 4.79 Å². The van der Waals surface area contributed by atoms with Crippen LogP contribution in [0.2, 0.25) is 0 Å². The number of carbonyl (C=O) groups is 1. The number of aromatic nitrogens is 1. The molecule has 0 unspecified atom stereocenters. The molecule has 2 rings (SSSR count). The van der Waals surface area contributed by atoms with Crippen LogP contribution < -0.4 is 5.73 Å². The van der Waals surface area contributed by atoms with E-state index in [1.807, 2.05) is 37.4 Å². The third kappa shape index (κ3) is 2.38. The topological polar surface area (TPSA) is 62.1 Å². The second kappa shape index (κ2) is 5.23. The van der Waals surface area contributed by atoms with E-state index in [-0.39, 0.29) is 5.91 Å². The van der Waals surface area contributed by atoms with Crippen molar-refractivity contribution >= 4 is 16.8 Å². The van der Waals surface area contributed by atoms with E-state index in [1.54, 1.807) is 11.9 Å². The minimum Gasteiger partial charge on any atom is -0.361 e. The molecule has 1 amide bonds. The zero-order valence-electron chi connectivity index (χ0n) is 10.8. The van der Waals surface area contributed by atoms with Crippen molar-refractivity contribution in [2.45, 2.75) is 19.4 Å². The number of carbonyl (C=O) groups excluding carboxylic acids is 1. The van der Waals surface area contributed by atoms with Crippen molar-refractivity contribution in [1.29, 1.82) is 0 Å². The summed E-state index contributed by atoms with van der Waals surface area (Å²) in [5.41, 5.74) is 8.14. The summed E-state index contributed by atoms with van der Waals surface area (Å²) in [6.45, 7) is 2.62. The van der Waals surface area contributed by atoms with Gasteiger partial charge in [0.1, 0.15) is 0 Å². The first-order valence-corrected chi connectivity index (χ1v) is 6.19. The van der Waals surface area contributed by atoms with Gasteiger partial charge in [0.25, 0.3) is 0 Å². The van der Waals surface area contributed by atoms with Crippen LogP contribution in [0.25, 0.3) is 10.9 Å². The predicted molar refractivity (Wildman–Crippen MR) is 73.3 cm³/mol. The maximum Gasteiger partial charge on any atom is 0.239 e. The predicted octanol–water partition coefficient (Wildman–Crippen LogP) is 1.52. The molecule has 0 aliphatic carbocycles. The minimum atomic E-state index is -0.478. The summed E-state index contributed by atoms with van der Waals surface area (Å²) in [5, 5.41) is 1.14. The number of likely N-dealkylation sites (N-methyl/N-ethyl adjacent to an activating group) is 1. The molecule has 0 fully saturated rings. The van der Waals surface area contributed by atoms with Gasteiger partial charge in [-0.2, -0.15) is 0 Å². The average Bonchev–Trinajstić information content (AvgIpc) is 2.80. The third-order valence-corrected chi connectivity index (χ3v) is 3.28. The summed E-state index contributed by atoms with van der Waals surface area (Å²) in [6, 6.07) is 7.56. The molecule has 0 saturated carbocycles. The SMILES string of the molecule is CCN(C)C(=O)[C@H](N)Cc1c[nH]c2ccccc12. The lowest BCUT2D eigenvalue weighted by atomic mass is 10.0. The Kier molecular flexibility index (Phi) is 3.67. The molecule has 0 aliphatic rings. The molecule has 2 aromatic rings. The highest BCUT2D eigenvalue weighted by atomic mass is 16.2. The molecule has 96 valence electrons. The van der Waals surface area contributed by atoms with Gasteiger partial charge in [0, 0.05) is 30.7 Å². The molecule has 1 atom stereocenters. The van der Waals surface area contributed by atoms with Crippen LogP contribution in [-0.2, 0) is 11.2 Å². The van der Waals surface area contributed by atoms with Crippen LogP contribution in [-0.4, -0.2) is 35.4 Å². The van der Waals surface area contributed by atoms with Gasteiger partial charge in [0.05, 0.1) is 6.04 Å². The number of hydrogen-bond donors (Lipinski definition) is 2. The Hall–Kier alpha value is -1.81. The number of H-pyrrole nitrogens is 1. The largest absolute Gasteiger partial charge is 0.361 e. The van der Waals surface area contributed by atoms with Crippen LogP contribution in [0.4, 0.5) is 0 Å². The van der Waals surface area contributed by atoms with Gasteiger partial charge in [0.15, 0.2) is 0 Å². The van der Waals surface area contributed by atoms with Crippen molar-refractivity contribution in [3.63, 3.8) is 0 Å². The summed E-state index contributed by atoms with van der Waals surface area (Å²) in [7, 11) is 1.78. The Morgan fingerprint density at radius 3 is 2.89 bits per heavy atom. The smallest absolute Gasteiger partial charge is 0.239 e. The van der Waals surface area contributed by atoms with Crippen LogP contribution >= 0.6 is 0 Å². The number of nitrogens with one attached hydrogen (secondary N) is 1. The minimum absolute atomic E-state index is 0.0113. The van der Waals surface area contributed by atoms with E-state index in [0.29, 0.717) is 13.0 Å². The first-order valence-electron chi connectivity index (χ1n) is 6.19. The van der Waals surface area contributed by atoms with Crippen molar-refractivity contribution in [3.8, 4) is 0 Å². The Balaban J connectivity index is 2.16. The maximum absolute atomic E-state index is 11.9. The standard InChI is InChI=1S/C14H19N3O/c1-3-17(2)14(18)12(15)8-10-9-16-13-7-5-4-6-11(10)13/h4-7,9,12,16H,3,8,15H2,1-2H3/t12-/m1/s1. The fourth-order valence-electron chi connectivity index (χ4n) is 2.06. The van der Waals surface area contributed by atoms with E-state index in [4.69, 9.17) is 5.73 Å². The molecule has 0 radical (unpaired) electrons. The van der Waals surface area contributed by atoms with Gasteiger partial charge >= 0.3 is 0 Å². The van der Waals surface area contributed by atoms with E-state index in [2.05, 4.69) is 4.98 Å². The highest BCUT2D eigenvalue weighted by Crippen LogP contribution is 2.18. The van der Waals surface area contributed by atoms with Crippen LogP contribution in [0.3, 0.4) is 0 Å². The molecule has 4 nitrogen and oxygen atoms in total. The molecule has 1 aromatic carbocycles. The molecule has 18 heavy (non-hydrogen) atoms. The zero-order chi connectivity index (χ0) is 13.1. The first-order chi connectivity index (χ1) is 8.63. The molecule has 1 aromatic heterocycles. The zero-order valence-corrected chi connectivity index (χ0v) is 10.8. The molecule has 4 heteroatoms. The second-order valence-electron chi connectivity index (χ2n) is 4.52. The Labute approximate surface area is 107 Å². The Morgan fingerprint density at radius 1 is 1.44 bits per heavy atom. The first kappa shape index (κ1) is 12.6. The van der Waals surface area contributed by atoms with Gasteiger partial charge in [-0.3, -0.25) is 4.79 Å². The number of para-hydroxylation sites is 1. The van der Waals surface area contributed by atoms with E-state index in [1.165, 1.54) is 0 Å². The monoisotopic (exact) mass is 245 g/mol. The fraction of sp³-hybridized carbons (Fsp3) is 0.357. The van der Waals surface area contributed by atoms with Gasteiger partial charge in [-0.15, -0.1) is 0 Å². The van der Waals surface area contributed by atoms with Gasteiger partial charge in [0.2, 0.25) is 5.91 Å². The quantitative estimate of drug-likeness (QED) is 0.857. The number of aromatic amines is 1. The summed E-state index contributed by atoms with van der Waals surface area (Å²) < 4.78 is 0. The fourth-order valence-corrected chi connectivity index (χ4v) is 2.06. The Morgan fingerprint density at radius 2 is 2.17 bits per heavy atom. The number of rotatable bonds is 4. The number of amides is 1. The number of nitrogens with two attached hydrogens (primary N) is 1. The van der Waals surface area contributed by atoms with Crippen molar-refractivity contribution in [1.82, 2.24) is 9.88 Å². The van der Waals surface area contributed by atoms with E-state index in [0.717, 1.165) is 16.5 Å². The highest BCUT2D eigenvalue weighted by Gasteiger charge is 2.18. The molecule has 0 aliphatic heterocycles. The van der Waals surface area contributed by atoms with Crippen LogP contribution in [0.1, 0.15) is 12.5 Å². The number of nitrogens with zero attached hydrogens (tertiary/aromatic N) is 1. The second-order valence-corrected chi connectivity index (χ2v) is 4.52. The van der Waals surface area contributed by atoms with Crippen LogP contribution in [0, 0.1) is 0 Å². The lowest BCUT2D eigenvalue weighted by Gasteiger charge is -2.19. The number of hydrogen-bond acceptors (Lipinski definition) is 2. The summed E-state index contributed by atoms with van der Waals surface area (Å²) in [5.74, 6) is -0.0113. The van der Waals surface area contributed by atoms with E-state index >= 15 is 0 Å². The van der Waals surface area contributed by atoms with Gasteiger partial charge in [-0.1, -0.05) is 18.2 Å². The summed E-state index contributed by atoms with van der Waals surface area (Å²) in [4.78, 5) is 16.8. The summed E-state index contributed by atoms with van der Waals surface area (Å²) >= 11 is 0. The van der Waals surface area contributed by atoms with Crippen molar-refractivity contribution in [2.24, 2.45) is 5.73 Å². The van der Waals surface area contributed by atoms with Crippen molar-refractivity contribution in [2.75, 3.05) is 13.6 Å². The molecule has 1 heterocycles. The number of fused-ring (bicyclic) bond motifs is 1. The summed E-state index contributed by atoms with van der Waals surface area (Å²) in [6.07, 6.45) is 2.50. The van der Waals surface area contributed by atoms with E-state index < -0.39 is 6.04 Å². The third-order valence-electron chi connectivity index (χ3n) is 3.28. The van der Waals surface area contributed by atoms with Gasteiger partial charge < -0.3 is 15.6 Å². The molecule has 0 bridgehead atoms. The van der Waals surface area contributed by atoms with Crippen molar-refractivity contribution < 1.29 is 4.79 Å². The normalized spacial score (nSPS) is 12.6. The Bertz CT molecular complexity index is 547. The molecule has 3 N–H and O–H groups in total. The lowest BCUT2D eigenvalue weighted by molar-refractivity contribution is -0.131. The molecule has 0 spiro atoms.